The van der Waals surface area contributed by atoms with Crippen LogP contribution >= 0.6 is 0 Å². The predicted octanol–water partition coefficient (Wildman–Crippen LogP) is 20.6. The molecule has 0 aromatic rings. The predicted molar refractivity (Wildman–Crippen MR) is 567 cm³/mol. The molecule has 149 heavy (non-hydrogen) atoms. The van der Waals surface area contributed by atoms with Gasteiger partial charge in [-0.25, -0.2) is 24.0 Å². The minimum atomic E-state index is -1.44. The van der Waals surface area contributed by atoms with Gasteiger partial charge in [0.2, 0.25) is 30.5 Å². The summed E-state index contributed by atoms with van der Waals surface area (Å²) in [7, 11) is 1.42. The fourth-order valence-electron chi connectivity index (χ4n) is 16.5. The van der Waals surface area contributed by atoms with E-state index in [-0.39, 0.29) is 200 Å². The van der Waals surface area contributed by atoms with Crippen molar-refractivity contribution in [1.29, 1.82) is 0 Å². The Hall–Kier alpha value is -8.04. The van der Waals surface area contributed by atoms with Crippen LogP contribution in [-0.4, -0.2) is 248 Å². The Morgan fingerprint density at radius 1 is 0.362 bits per heavy atom. The summed E-state index contributed by atoms with van der Waals surface area (Å²) in [6.45, 7) is 47.0. The maximum Gasteiger partial charge on any atom is 0.350 e. The zero-order valence-electron chi connectivity index (χ0n) is 84.0. The molecule has 2 N–H and O–H groups in total. The molecule has 37 heteroatoms. The summed E-state index contributed by atoms with van der Waals surface area (Å²) in [5, 5.41) is 18.9. The van der Waals surface area contributed by atoms with Crippen LogP contribution in [0.3, 0.4) is 0 Å². The first-order valence-corrected chi connectivity index (χ1v) is 48.5. The van der Waals surface area contributed by atoms with Gasteiger partial charge in [-0.1, -0.05) is 192 Å². The van der Waals surface area contributed by atoms with E-state index < -0.39 is 190 Å². The number of allylic oxidation sites excluding steroid dienone is 1. The Morgan fingerprint density at radius 2 is 0.725 bits per heavy atom. The van der Waals surface area contributed by atoms with Crippen molar-refractivity contribution in [3.8, 4) is 0 Å². The molecule has 1 spiro atoms. The van der Waals surface area contributed by atoms with Crippen LogP contribution in [0.15, 0.2) is 12.2 Å². The number of hydrogen-bond acceptors (Lipinski definition) is 37. The van der Waals surface area contributed by atoms with Gasteiger partial charge >= 0.3 is 83.6 Å². The van der Waals surface area contributed by atoms with Gasteiger partial charge in [0.25, 0.3) is 0 Å². The Balaban J connectivity index is -0.000000309. The lowest BCUT2D eigenvalue weighted by Gasteiger charge is -2.33. The van der Waals surface area contributed by atoms with Crippen molar-refractivity contribution in [1.82, 2.24) is 0 Å². The molecule has 16 rings (SSSR count). The molecule has 37 nitrogen and oxygen atoms in total. The average molecular weight is 2150 g/mol. The maximum absolute atomic E-state index is 12.3. The quantitative estimate of drug-likeness (QED) is 0.0649. The van der Waals surface area contributed by atoms with E-state index in [2.05, 4.69) is 4.74 Å². The number of carbonyl (C=O) groups is 14. The number of rotatable bonds is 20. The highest BCUT2D eigenvalue weighted by atomic mass is 16.9. The van der Waals surface area contributed by atoms with E-state index >= 15 is 0 Å². The molecule has 12 aliphatic heterocycles. The fourth-order valence-corrected chi connectivity index (χ4v) is 16.5. The van der Waals surface area contributed by atoms with Gasteiger partial charge in [0.05, 0.1) is 69.9 Å². The second-order valence-electron chi connectivity index (χ2n) is 41.7. The topological polar surface area (TPSA) is 473 Å². The second kappa shape index (κ2) is 63.7. The molecule has 24 atom stereocenters. The van der Waals surface area contributed by atoms with Crippen LogP contribution in [0.5, 0.6) is 0 Å². The highest BCUT2D eigenvalue weighted by Gasteiger charge is 2.68. The standard InChI is InChI=1S/C18H26O7.C15H22O7.C13H20O4.C13H18O4.C12H18O7.C10H16O4.C8H12O2.C7H14O2.C2H6.14CH4/c1-4-17(2,3)16(20)23-12-10-11(21-14(12)19)13-15(22-10)25-18(24-13)8-6-5-7-9-18;1-6-14(2,3)13(17)20-9-7-8(18-11(9)16)10-12(19-7)22-15(4,5)21-10;2*1-4-13(2,3)12(15)17-10-8-6-5-7-9(8)16-11(10)14;1-4-12(2,3)11(16)19-8-7-6(17-10(8)15)5(13)9(14)18-7;1-4-10(2,3)9(12)14-7-5-8(11)13-6-7;9-8-7-4-2-1-3-6(7)5-10-8;1-5-7(2,3)6(8)9-4;1-2;;;;;;;;;;;;;;/h10-13,15H,4-9H2,1-3H3;7-10,12H,6H2,1-5H3;8-10H,4-7H2,1-3H3;5,7-10H,4,6H2,1-3H3;5-9,13-14H,4H2,1-3H3;7H,4-6H2,1-3H3;6-7H,1-5H2;5H2,1-4H3;1-2H3;14*1H4. The van der Waals surface area contributed by atoms with Gasteiger partial charge in [-0.3, -0.25) is 43.2 Å². The lowest BCUT2D eigenvalue weighted by molar-refractivity contribution is -0.246. The third kappa shape index (κ3) is 37.1. The van der Waals surface area contributed by atoms with Crippen LogP contribution in [0.1, 0.15) is 412 Å². The minimum Gasteiger partial charge on any atom is -0.469 e. The zero-order chi connectivity index (χ0) is 101. The molecule has 24 unspecified atom stereocenters. The molecule has 3 saturated carbocycles. The molecule has 0 bridgehead atoms. The van der Waals surface area contributed by atoms with Crippen LogP contribution in [0.2, 0.25) is 0 Å². The van der Waals surface area contributed by atoms with Crippen molar-refractivity contribution in [3.05, 3.63) is 12.2 Å². The molecule has 878 valence electrons. The van der Waals surface area contributed by atoms with Gasteiger partial charge < -0.3 is 110 Å². The largest absolute Gasteiger partial charge is 0.469 e. The number of fused-ring (bicyclic) bond motifs is 10. The van der Waals surface area contributed by atoms with Crippen molar-refractivity contribution in [2.75, 3.05) is 20.3 Å². The summed E-state index contributed by atoms with van der Waals surface area (Å²) in [5.74, 6) is -5.86. The van der Waals surface area contributed by atoms with Gasteiger partial charge in [-0.05, 0) is 213 Å². The number of esters is 14. The average Bonchev–Trinajstić information content (AvgIpc) is 1.58. The SMILES string of the molecule is C.C.C.C.C.C.C.C.C.C.C.C.C.C.CC.CCC(C)(C)C(=O)OC.CCC(C)(C)C(=O)OC1C(=O)OC2C(O)C(O)OC12.CCC(C)(C)C(=O)OC1C(=O)OC2C3OC(C)(C)OC3OC12.CCC(C)(C)C(=O)OC1C(=O)OC2C3OC4(CCCCC4)OC3OC12.CCC(C)(C)C(=O)OC1C(=O)OC2C=CCC21.CCC(C)(C)C(=O)OC1C(=O)OC2CCCC21.CCC(C)(C)C(=O)OC1COC(=O)C1.O=C1OCC2CCCCC12. The van der Waals surface area contributed by atoms with E-state index in [0.29, 0.717) is 51.0 Å². The molecule has 15 fully saturated rings. The highest BCUT2D eigenvalue weighted by Crippen LogP contribution is 2.50. The summed E-state index contributed by atoms with van der Waals surface area (Å²) >= 11 is 0. The summed E-state index contributed by atoms with van der Waals surface area (Å²) in [4.78, 5) is 164. The molecular formula is C112H208O37. The van der Waals surface area contributed by atoms with Gasteiger partial charge in [0, 0.05) is 24.7 Å². The smallest absolute Gasteiger partial charge is 0.350 e. The Labute approximate surface area is 896 Å². The molecule has 0 radical (unpaired) electrons. The summed E-state index contributed by atoms with van der Waals surface area (Å²) in [6, 6.07) is 0. The summed E-state index contributed by atoms with van der Waals surface area (Å²) in [6.07, 6.45) is 7.28. The molecule has 12 saturated heterocycles. The molecule has 12 heterocycles. The Kier molecular flexibility index (Phi) is 65.8. The van der Waals surface area contributed by atoms with Crippen molar-refractivity contribution in [2.24, 2.45) is 61.6 Å². The van der Waals surface area contributed by atoms with E-state index in [1.165, 1.54) is 32.8 Å². The van der Waals surface area contributed by atoms with Gasteiger partial charge in [-0.2, -0.15) is 0 Å². The molecule has 0 amide bonds. The first kappa shape index (κ1) is 154. The summed E-state index contributed by atoms with van der Waals surface area (Å²) < 4.78 is 112. The zero-order valence-corrected chi connectivity index (χ0v) is 84.0. The summed E-state index contributed by atoms with van der Waals surface area (Å²) in [5.41, 5.74) is -3.93. The minimum absolute atomic E-state index is 0. The van der Waals surface area contributed by atoms with E-state index in [4.69, 9.17) is 94.7 Å². The molecule has 4 aliphatic carbocycles. The molecule has 0 aromatic carbocycles. The van der Waals surface area contributed by atoms with Crippen LogP contribution in [-0.2, 0) is 167 Å². The van der Waals surface area contributed by atoms with Crippen LogP contribution < -0.4 is 0 Å². The number of aliphatic hydroxyl groups is 2. The van der Waals surface area contributed by atoms with Crippen molar-refractivity contribution >= 4 is 83.6 Å². The number of cyclic esters (lactones) is 2. The lowest BCUT2D eigenvalue weighted by atomic mass is 9.81. The maximum atomic E-state index is 12.3. The first-order chi connectivity index (χ1) is 63.0. The van der Waals surface area contributed by atoms with Gasteiger partial charge in [-0.15, -0.1) is 0 Å². The molecular weight excluding hydrogens is 1940 g/mol. The first-order valence-electron chi connectivity index (χ1n) is 48.5. The highest BCUT2D eigenvalue weighted by molar-refractivity contribution is 5.88. The molecule has 0 aromatic heterocycles. The Bertz CT molecular complexity index is 4140. The van der Waals surface area contributed by atoms with E-state index in [1.807, 2.05) is 130 Å². The number of hydrogen-bond donors (Lipinski definition) is 2. The van der Waals surface area contributed by atoms with Crippen LogP contribution in [0.25, 0.3) is 0 Å². The normalized spacial score (nSPS) is 29.8. The second-order valence-corrected chi connectivity index (χ2v) is 41.7. The van der Waals surface area contributed by atoms with Gasteiger partial charge in [0.1, 0.15) is 49.3 Å². The Morgan fingerprint density at radius 3 is 1.12 bits per heavy atom. The van der Waals surface area contributed by atoms with E-state index in [9.17, 15) is 77.3 Å². The monoisotopic (exact) mass is 2150 g/mol. The van der Waals surface area contributed by atoms with Gasteiger partial charge in [0.15, 0.2) is 61.0 Å². The van der Waals surface area contributed by atoms with E-state index in [1.54, 1.807) is 55.4 Å². The van der Waals surface area contributed by atoms with E-state index in [0.717, 1.165) is 64.2 Å². The number of methoxy groups -OCH3 is 1. The fraction of sp³-hybridized carbons (Fsp3) is 0.857. The third-order valence-corrected chi connectivity index (χ3v) is 28.7. The van der Waals surface area contributed by atoms with Crippen molar-refractivity contribution in [2.45, 2.75) is 546 Å². The van der Waals surface area contributed by atoms with Crippen molar-refractivity contribution in [3.63, 3.8) is 0 Å². The number of ether oxygens (including phenoxy) is 21. The van der Waals surface area contributed by atoms with Crippen LogP contribution in [0, 0.1) is 61.6 Å². The lowest BCUT2D eigenvalue weighted by Crippen LogP contribution is -2.41. The van der Waals surface area contributed by atoms with Crippen molar-refractivity contribution < 1.29 is 177 Å². The number of aliphatic hydroxyl groups excluding tert-OH is 2. The molecule has 16 aliphatic rings. The third-order valence-electron chi connectivity index (χ3n) is 28.7. The van der Waals surface area contributed by atoms with Crippen LogP contribution in [0.4, 0.5) is 0 Å². The number of carbonyl (C=O) groups excluding carboxylic acids is 14.